The summed E-state index contributed by atoms with van der Waals surface area (Å²) >= 11 is 0. The van der Waals surface area contributed by atoms with Crippen molar-refractivity contribution in [3.63, 3.8) is 0 Å². The highest BCUT2D eigenvalue weighted by Crippen LogP contribution is 2.33. The van der Waals surface area contributed by atoms with Crippen LogP contribution in [0.1, 0.15) is 32.6 Å². The number of fused-ring (bicyclic) bond motifs is 1. The molecule has 6 heteroatoms. The molecule has 2 N–H and O–H groups in total. The molecule has 1 aromatic heterocycles. The van der Waals surface area contributed by atoms with Crippen LogP contribution >= 0.6 is 0 Å². The molecular formula is C17H22O6. The second-order valence-corrected chi connectivity index (χ2v) is 5.21. The third-order valence-corrected chi connectivity index (χ3v) is 3.38. The van der Waals surface area contributed by atoms with Gasteiger partial charge < -0.3 is 24.1 Å². The van der Waals surface area contributed by atoms with Crippen LogP contribution < -0.4 is 15.1 Å². The van der Waals surface area contributed by atoms with Crippen LogP contribution in [-0.2, 0) is 0 Å². The number of hydrogen-bond donors (Lipinski definition) is 2. The van der Waals surface area contributed by atoms with Crippen LogP contribution in [0.5, 0.6) is 17.2 Å². The van der Waals surface area contributed by atoms with Crippen molar-refractivity contribution >= 4 is 11.0 Å². The number of aliphatic hydroxyl groups excluding tert-OH is 1. The summed E-state index contributed by atoms with van der Waals surface area (Å²) < 4.78 is 16.1. The van der Waals surface area contributed by atoms with Crippen molar-refractivity contribution in [3.05, 3.63) is 28.6 Å². The fraction of sp³-hybridized carbons (Fsp3) is 0.471. The molecule has 0 bridgehead atoms. The minimum absolute atomic E-state index is 0.130. The van der Waals surface area contributed by atoms with E-state index in [1.165, 1.54) is 0 Å². The van der Waals surface area contributed by atoms with Crippen molar-refractivity contribution in [2.24, 2.45) is 0 Å². The van der Waals surface area contributed by atoms with Crippen molar-refractivity contribution in [2.45, 2.75) is 32.6 Å². The van der Waals surface area contributed by atoms with Crippen LogP contribution in [-0.4, -0.2) is 30.0 Å². The standard InChI is InChI=1S/C17H22O6/c1-2-3-9-22-16-15(19)13-7-6-12(21-10-5-4-8-18)11-14(13)23-17(16)20/h6-7,11,18-19H,2-5,8-10H2,1H3. The number of benzene rings is 1. The van der Waals surface area contributed by atoms with E-state index in [2.05, 4.69) is 0 Å². The third-order valence-electron chi connectivity index (χ3n) is 3.38. The smallest absolute Gasteiger partial charge is 0.383 e. The Morgan fingerprint density at radius 3 is 2.65 bits per heavy atom. The molecule has 1 heterocycles. The number of hydrogen-bond acceptors (Lipinski definition) is 6. The normalized spacial score (nSPS) is 10.9. The first-order valence-electron chi connectivity index (χ1n) is 7.83. The van der Waals surface area contributed by atoms with Gasteiger partial charge in [-0.25, -0.2) is 4.79 Å². The highest BCUT2D eigenvalue weighted by Gasteiger charge is 2.15. The Bertz CT molecular complexity index is 691. The maximum Gasteiger partial charge on any atom is 0.383 e. The van der Waals surface area contributed by atoms with Gasteiger partial charge in [0.15, 0.2) is 5.75 Å². The summed E-state index contributed by atoms with van der Waals surface area (Å²) in [6, 6.07) is 4.88. The van der Waals surface area contributed by atoms with Gasteiger partial charge in [-0.3, -0.25) is 0 Å². The lowest BCUT2D eigenvalue weighted by atomic mass is 10.2. The number of unbranched alkanes of at least 4 members (excludes halogenated alkanes) is 2. The van der Waals surface area contributed by atoms with Gasteiger partial charge in [0.1, 0.15) is 11.3 Å². The molecule has 23 heavy (non-hydrogen) atoms. The van der Waals surface area contributed by atoms with E-state index in [1.54, 1.807) is 18.2 Å². The maximum absolute atomic E-state index is 11.9. The van der Waals surface area contributed by atoms with E-state index in [1.807, 2.05) is 6.92 Å². The molecule has 0 spiro atoms. The Morgan fingerprint density at radius 1 is 1.13 bits per heavy atom. The van der Waals surface area contributed by atoms with E-state index in [-0.39, 0.29) is 23.7 Å². The Hall–Kier alpha value is -2.21. The van der Waals surface area contributed by atoms with Gasteiger partial charge >= 0.3 is 5.63 Å². The van der Waals surface area contributed by atoms with E-state index in [9.17, 15) is 9.90 Å². The topological polar surface area (TPSA) is 89.1 Å². The van der Waals surface area contributed by atoms with Gasteiger partial charge in [0.05, 0.1) is 18.6 Å². The van der Waals surface area contributed by atoms with Crippen molar-refractivity contribution in [1.29, 1.82) is 0 Å². The molecule has 0 unspecified atom stereocenters. The summed E-state index contributed by atoms with van der Waals surface area (Å²) in [6.07, 6.45) is 3.12. The van der Waals surface area contributed by atoms with Gasteiger partial charge in [-0.1, -0.05) is 13.3 Å². The van der Waals surface area contributed by atoms with E-state index in [0.29, 0.717) is 30.8 Å². The highest BCUT2D eigenvalue weighted by molar-refractivity contribution is 5.86. The molecule has 1 aromatic carbocycles. The largest absolute Gasteiger partial charge is 0.504 e. The van der Waals surface area contributed by atoms with E-state index < -0.39 is 5.63 Å². The molecule has 0 radical (unpaired) electrons. The predicted molar refractivity (Wildman–Crippen MR) is 86.4 cm³/mol. The Balaban J connectivity index is 2.20. The van der Waals surface area contributed by atoms with Gasteiger partial charge in [0.25, 0.3) is 0 Å². The first-order valence-corrected chi connectivity index (χ1v) is 7.83. The summed E-state index contributed by atoms with van der Waals surface area (Å²) in [5.41, 5.74) is -0.460. The summed E-state index contributed by atoms with van der Waals surface area (Å²) in [4.78, 5) is 11.9. The number of aliphatic hydroxyl groups is 1. The maximum atomic E-state index is 11.9. The van der Waals surface area contributed by atoms with E-state index in [4.69, 9.17) is 19.0 Å². The van der Waals surface area contributed by atoms with Gasteiger partial charge in [-0.2, -0.15) is 0 Å². The highest BCUT2D eigenvalue weighted by atomic mass is 16.5. The van der Waals surface area contributed by atoms with Crippen LogP contribution in [0.3, 0.4) is 0 Å². The fourth-order valence-corrected chi connectivity index (χ4v) is 2.09. The zero-order valence-electron chi connectivity index (χ0n) is 13.2. The van der Waals surface area contributed by atoms with E-state index in [0.717, 1.165) is 19.3 Å². The van der Waals surface area contributed by atoms with Crippen molar-refractivity contribution in [2.75, 3.05) is 19.8 Å². The third kappa shape index (κ3) is 4.39. The second kappa shape index (κ2) is 8.43. The molecule has 0 aliphatic rings. The van der Waals surface area contributed by atoms with Crippen LogP contribution in [0.2, 0.25) is 0 Å². The average molecular weight is 322 g/mol. The lowest BCUT2D eigenvalue weighted by Crippen LogP contribution is -2.08. The molecule has 2 aromatic rings. The average Bonchev–Trinajstić information content (AvgIpc) is 2.54. The summed E-state index contributed by atoms with van der Waals surface area (Å²) in [6.45, 7) is 2.95. The molecule has 0 amide bonds. The van der Waals surface area contributed by atoms with Gasteiger partial charge in [-0.15, -0.1) is 0 Å². The predicted octanol–water partition coefficient (Wildman–Crippen LogP) is 2.83. The number of rotatable bonds is 9. The lowest BCUT2D eigenvalue weighted by Gasteiger charge is -2.10. The van der Waals surface area contributed by atoms with Gasteiger partial charge in [0.2, 0.25) is 5.75 Å². The van der Waals surface area contributed by atoms with Crippen molar-refractivity contribution in [3.8, 4) is 17.2 Å². The van der Waals surface area contributed by atoms with Gasteiger partial charge in [-0.05, 0) is 31.4 Å². The van der Waals surface area contributed by atoms with Crippen LogP contribution in [0, 0.1) is 0 Å². The minimum atomic E-state index is -0.705. The molecule has 6 nitrogen and oxygen atoms in total. The van der Waals surface area contributed by atoms with Crippen LogP contribution in [0.25, 0.3) is 11.0 Å². The first kappa shape index (κ1) is 17.1. The molecule has 126 valence electrons. The Morgan fingerprint density at radius 2 is 1.91 bits per heavy atom. The van der Waals surface area contributed by atoms with Crippen molar-refractivity contribution < 1.29 is 24.1 Å². The summed E-state index contributed by atoms with van der Waals surface area (Å²) in [5, 5.41) is 19.3. The first-order chi connectivity index (χ1) is 11.2. The SMILES string of the molecule is CCCCOc1c(O)c2ccc(OCCCCO)cc2oc1=O. The molecular weight excluding hydrogens is 300 g/mol. The zero-order chi connectivity index (χ0) is 16.7. The Labute approximate surface area is 134 Å². The number of aromatic hydroxyl groups is 1. The van der Waals surface area contributed by atoms with Crippen LogP contribution in [0.15, 0.2) is 27.4 Å². The fourth-order valence-electron chi connectivity index (χ4n) is 2.09. The molecule has 0 fully saturated rings. The quantitative estimate of drug-likeness (QED) is 0.545. The molecule has 0 aliphatic carbocycles. The molecule has 0 aliphatic heterocycles. The van der Waals surface area contributed by atoms with Crippen LogP contribution in [0.4, 0.5) is 0 Å². The van der Waals surface area contributed by atoms with E-state index >= 15 is 0 Å². The molecule has 0 atom stereocenters. The zero-order valence-corrected chi connectivity index (χ0v) is 13.2. The summed E-state index contributed by atoms with van der Waals surface area (Å²) in [5.74, 6) is 0.180. The van der Waals surface area contributed by atoms with Crippen molar-refractivity contribution in [1.82, 2.24) is 0 Å². The second-order valence-electron chi connectivity index (χ2n) is 5.21. The lowest BCUT2D eigenvalue weighted by molar-refractivity contribution is 0.253. The molecule has 2 rings (SSSR count). The monoisotopic (exact) mass is 322 g/mol. The Kier molecular flexibility index (Phi) is 6.29. The van der Waals surface area contributed by atoms with Gasteiger partial charge in [0, 0.05) is 12.7 Å². The summed E-state index contributed by atoms with van der Waals surface area (Å²) in [7, 11) is 0. The molecule has 0 saturated carbocycles. The minimum Gasteiger partial charge on any atom is -0.504 e. The number of ether oxygens (including phenoxy) is 2. The molecule has 0 saturated heterocycles.